The van der Waals surface area contributed by atoms with Gasteiger partial charge in [0.1, 0.15) is 16.7 Å². The van der Waals surface area contributed by atoms with Crippen LogP contribution in [0.5, 0.6) is 0 Å². The van der Waals surface area contributed by atoms with Crippen LogP contribution in [-0.4, -0.2) is 15.0 Å². The van der Waals surface area contributed by atoms with Crippen molar-refractivity contribution in [3.8, 4) is 11.5 Å². The molecule has 0 bridgehead atoms. The summed E-state index contributed by atoms with van der Waals surface area (Å²) in [7, 11) is 0. The lowest BCUT2D eigenvalue weighted by atomic mass is 9.92. The Morgan fingerprint density at radius 1 is 1.21 bits per heavy atom. The molecular weight excluding hydrogens is 380 g/mol. The van der Waals surface area contributed by atoms with Crippen LogP contribution in [0.3, 0.4) is 0 Å². The molecule has 0 aliphatic rings. The lowest BCUT2D eigenvalue weighted by molar-refractivity contribution is 0.563. The summed E-state index contributed by atoms with van der Waals surface area (Å²) in [6.45, 7) is 6.15. The molecule has 2 heterocycles. The highest BCUT2D eigenvalue weighted by Crippen LogP contribution is 2.30. The smallest absolute Gasteiger partial charge is 0.179 e. The maximum absolute atomic E-state index is 12.9. The average Bonchev–Trinajstić information content (AvgIpc) is 2.32. The Morgan fingerprint density at radius 3 is 2.42 bits per heavy atom. The van der Waals surface area contributed by atoms with Gasteiger partial charge in [0.2, 0.25) is 0 Å². The third-order valence-electron chi connectivity index (χ3n) is 2.48. The zero-order valence-corrected chi connectivity index (χ0v) is 13.6. The molecule has 0 fully saturated rings. The average molecular weight is 392 g/mol. The molecule has 0 N–H and O–H groups in total. The molecule has 0 spiro atoms. The van der Waals surface area contributed by atoms with Gasteiger partial charge in [-0.3, -0.25) is 0 Å². The van der Waals surface area contributed by atoms with Crippen molar-refractivity contribution < 1.29 is 4.39 Å². The summed E-state index contributed by atoms with van der Waals surface area (Å²) in [4.78, 5) is 12.7. The highest BCUT2D eigenvalue weighted by Gasteiger charge is 2.23. The van der Waals surface area contributed by atoms with Gasteiger partial charge in [-0.15, -0.1) is 0 Å². The fourth-order valence-electron chi connectivity index (χ4n) is 1.54. The van der Waals surface area contributed by atoms with Crippen LogP contribution in [-0.2, 0) is 5.41 Å². The molecule has 19 heavy (non-hydrogen) atoms. The number of aromatic nitrogens is 3. The third-order valence-corrected chi connectivity index (χ3v) is 4.09. The second-order valence-corrected chi connectivity index (χ2v) is 6.55. The van der Waals surface area contributed by atoms with E-state index in [2.05, 4.69) is 58.3 Å². The summed E-state index contributed by atoms with van der Waals surface area (Å²) in [5, 5.41) is 0.390. The second kappa shape index (κ2) is 5.28. The third kappa shape index (κ3) is 3.20. The quantitative estimate of drug-likeness (QED) is 0.539. The van der Waals surface area contributed by atoms with E-state index in [1.54, 1.807) is 6.07 Å². The van der Waals surface area contributed by atoms with Crippen LogP contribution >= 0.6 is 34.2 Å². The van der Waals surface area contributed by atoms with Gasteiger partial charge < -0.3 is 0 Å². The first-order chi connectivity index (χ1) is 8.79. The van der Waals surface area contributed by atoms with Gasteiger partial charge in [0.25, 0.3) is 0 Å². The van der Waals surface area contributed by atoms with Gasteiger partial charge in [-0.05, 0) is 34.7 Å². The predicted molar refractivity (Wildman–Crippen MR) is 81.6 cm³/mol. The number of nitrogens with zero attached hydrogens (tertiary/aromatic N) is 3. The Labute approximate surface area is 129 Å². The van der Waals surface area contributed by atoms with E-state index >= 15 is 0 Å². The van der Waals surface area contributed by atoms with E-state index in [9.17, 15) is 4.39 Å². The van der Waals surface area contributed by atoms with Crippen LogP contribution in [0.4, 0.5) is 4.39 Å². The topological polar surface area (TPSA) is 38.7 Å². The standard InChI is InChI=1S/C13H12ClFIN3/c1-13(2,3)10-9(16)11(14)19-12(18-10)8-5-4-7(15)6-17-8/h4-6H,1-3H3. The minimum absolute atomic E-state index is 0.155. The molecule has 0 aliphatic heterocycles. The fourth-order valence-corrected chi connectivity index (χ4v) is 2.76. The van der Waals surface area contributed by atoms with E-state index in [1.165, 1.54) is 6.07 Å². The summed E-state index contributed by atoms with van der Waals surface area (Å²) >= 11 is 8.28. The van der Waals surface area contributed by atoms with Crippen molar-refractivity contribution in [2.24, 2.45) is 0 Å². The van der Waals surface area contributed by atoms with E-state index in [4.69, 9.17) is 11.6 Å². The van der Waals surface area contributed by atoms with Crippen LogP contribution in [0.2, 0.25) is 5.15 Å². The zero-order chi connectivity index (χ0) is 14.2. The Balaban J connectivity index is 2.60. The molecule has 6 heteroatoms. The molecule has 0 atom stereocenters. The molecule has 0 radical (unpaired) electrons. The highest BCUT2D eigenvalue weighted by atomic mass is 127. The molecule has 0 aliphatic carbocycles. The number of hydrogen-bond acceptors (Lipinski definition) is 3. The van der Waals surface area contributed by atoms with Crippen LogP contribution in [0.1, 0.15) is 26.5 Å². The first-order valence-electron chi connectivity index (χ1n) is 5.64. The monoisotopic (exact) mass is 391 g/mol. The molecule has 0 aromatic carbocycles. The van der Waals surface area contributed by atoms with E-state index in [-0.39, 0.29) is 5.41 Å². The van der Waals surface area contributed by atoms with Gasteiger partial charge in [0.15, 0.2) is 5.82 Å². The zero-order valence-electron chi connectivity index (χ0n) is 10.7. The minimum Gasteiger partial charge on any atom is -0.250 e. The molecular formula is C13H12ClFIN3. The minimum atomic E-state index is -0.392. The Morgan fingerprint density at radius 2 is 1.89 bits per heavy atom. The van der Waals surface area contributed by atoms with Gasteiger partial charge in [0, 0.05) is 5.41 Å². The molecule has 2 rings (SSSR count). The lowest BCUT2D eigenvalue weighted by Crippen LogP contribution is -2.17. The summed E-state index contributed by atoms with van der Waals surface area (Å²) in [5.74, 6) is 0.0201. The summed E-state index contributed by atoms with van der Waals surface area (Å²) < 4.78 is 13.7. The first-order valence-corrected chi connectivity index (χ1v) is 7.10. The van der Waals surface area contributed by atoms with Crippen molar-refractivity contribution in [1.82, 2.24) is 15.0 Å². The molecule has 0 saturated carbocycles. The van der Waals surface area contributed by atoms with Crippen molar-refractivity contribution in [1.29, 1.82) is 0 Å². The molecule has 0 amide bonds. The molecule has 2 aromatic heterocycles. The van der Waals surface area contributed by atoms with Crippen molar-refractivity contribution in [2.45, 2.75) is 26.2 Å². The summed E-state index contributed by atoms with van der Waals surface area (Å²) in [6, 6.07) is 2.87. The largest absolute Gasteiger partial charge is 0.250 e. The number of hydrogen-bond donors (Lipinski definition) is 0. The SMILES string of the molecule is CC(C)(C)c1nc(-c2ccc(F)cn2)nc(Cl)c1I. The maximum Gasteiger partial charge on any atom is 0.179 e. The Hall–Kier alpha value is -0.820. The number of pyridine rings is 1. The Kier molecular flexibility index (Phi) is 4.06. The van der Waals surface area contributed by atoms with Gasteiger partial charge in [-0.2, -0.15) is 0 Å². The maximum atomic E-state index is 12.9. The second-order valence-electron chi connectivity index (χ2n) is 5.11. The van der Waals surface area contributed by atoms with Crippen molar-refractivity contribution >= 4 is 34.2 Å². The molecule has 0 saturated heterocycles. The van der Waals surface area contributed by atoms with Gasteiger partial charge in [-0.1, -0.05) is 32.4 Å². The van der Waals surface area contributed by atoms with Crippen LogP contribution in [0.25, 0.3) is 11.5 Å². The van der Waals surface area contributed by atoms with E-state index in [1.807, 2.05) is 0 Å². The lowest BCUT2D eigenvalue weighted by Gasteiger charge is -2.20. The van der Waals surface area contributed by atoms with E-state index in [0.29, 0.717) is 16.7 Å². The van der Waals surface area contributed by atoms with Crippen LogP contribution in [0.15, 0.2) is 18.3 Å². The molecule has 3 nitrogen and oxygen atoms in total. The van der Waals surface area contributed by atoms with Crippen molar-refractivity contribution in [3.05, 3.63) is 38.6 Å². The Bertz CT molecular complexity index is 609. The highest BCUT2D eigenvalue weighted by molar-refractivity contribution is 14.1. The molecule has 0 unspecified atom stereocenters. The predicted octanol–water partition coefficient (Wildman–Crippen LogP) is 4.23. The van der Waals surface area contributed by atoms with Gasteiger partial charge in [0.05, 0.1) is 15.5 Å². The summed E-state index contributed by atoms with van der Waals surface area (Å²) in [6.07, 6.45) is 1.14. The van der Waals surface area contributed by atoms with E-state index in [0.717, 1.165) is 15.5 Å². The first kappa shape index (κ1) is 14.6. The normalized spacial score (nSPS) is 11.7. The van der Waals surface area contributed by atoms with Gasteiger partial charge in [-0.25, -0.2) is 19.3 Å². The summed E-state index contributed by atoms with van der Waals surface area (Å²) in [5.41, 5.74) is 1.21. The molecule has 100 valence electrons. The van der Waals surface area contributed by atoms with Crippen LogP contribution < -0.4 is 0 Å². The van der Waals surface area contributed by atoms with E-state index < -0.39 is 5.82 Å². The van der Waals surface area contributed by atoms with Crippen LogP contribution in [0, 0.1) is 9.39 Å². The fraction of sp³-hybridized carbons (Fsp3) is 0.308. The molecule has 2 aromatic rings. The number of rotatable bonds is 1. The van der Waals surface area contributed by atoms with Gasteiger partial charge >= 0.3 is 0 Å². The van der Waals surface area contributed by atoms with Crippen molar-refractivity contribution in [3.63, 3.8) is 0 Å². The number of halogens is 3. The van der Waals surface area contributed by atoms with Crippen molar-refractivity contribution in [2.75, 3.05) is 0 Å².